The molecule has 0 aromatic heterocycles. The number of halogens is 3. The van der Waals surface area contributed by atoms with Gasteiger partial charge in [-0.05, 0) is 29.7 Å². The van der Waals surface area contributed by atoms with E-state index in [1.165, 1.54) is 0 Å². The van der Waals surface area contributed by atoms with Gasteiger partial charge in [-0.2, -0.15) is 0 Å². The van der Waals surface area contributed by atoms with Crippen LogP contribution in [0.1, 0.15) is 12.0 Å². The number of allylic oxidation sites excluding steroid dienone is 2. The molecule has 0 amide bonds. The molecule has 5 atom stereocenters. The topological polar surface area (TPSA) is 38.7 Å². The van der Waals surface area contributed by atoms with E-state index in [9.17, 15) is 9.50 Å². The predicted molar refractivity (Wildman–Crippen MR) is 105 cm³/mol. The van der Waals surface area contributed by atoms with Crippen molar-refractivity contribution in [2.75, 3.05) is 13.2 Å². The Morgan fingerprint density at radius 3 is 2.69 bits per heavy atom. The zero-order valence-electron chi connectivity index (χ0n) is 14.1. The Kier molecular flexibility index (Phi) is 7.44. The number of ether oxygens (including phenoxy) is 2. The first-order valence-corrected chi connectivity index (χ1v) is 10.2. The van der Waals surface area contributed by atoms with Gasteiger partial charge in [-0.25, -0.2) is 4.39 Å². The second-order valence-corrected chi connectivity index (χ2v) is 8.67. The lowest BCUT2D eigenvalue weighted by molar-refractivity contribution is -0.0364. The van der Waals surface area contributed by atoms with Crippen LogP contribution in [0.3, 0.4) is 0 Å². The summed E-state index contributed by atoms with van der Waals surface area (Å²) in [6.07, 6.45) is 4.56. The zero-order chi connectivity index (χ0) is 18.5. The summed E-state index contributed by atoms with van der Waals surface area (Å²) in [6, 6.07) is 7.21. The van der Waals surface area contributed by atoms with Crippen LogP contribution in [-0.2, 0) is 16.1 Å². The smallest absolute Gasteiger partial charge is 0.162 e. The van der Waals surface area contributed by atoms with E-state index < -0.39 is 17.7 Å². The normalized spacial score (nSPS) is 31.2. The summed E-state index contributed by atoms with van der Waals surface area (Å²) in [7, 11) is 0. The molecule has 3 nitrogen and oxygen atoms in total. The molecule has 1 heterocycles. The highest BCUT2D eigenvalue weighted by molar-refractivity contribution is 8.00. The molecule has 26 heavy (non-hydrogen) atoms. The molecule has 1 N–H and O–H groups in total. The number of thioether (sulfide) groups is 1. The third kappa shape index (κ3) is 5.47. The molecule has 1 saturated heterocycles. The van der Waals surface area contributed by atoms with E-state index in [-0.39, 0.29) is 17.2 Å². The highest BCUT2D eigenvalue weighted by atomic mass is 35.5. The summed E-state index contributed by atoms with van der Waals surface area (Å²) in [4.78, 5) is 0. The number of alkyl halides is 2. The lowest BCUT2D eigenvalue weighted by Gasteiger charge is -2.21. The predicted octanol–water partition coefficient (Wildman–Crippen LogP) is 4.51. The minimum Gasteiger partial charge on any atom is -0.379 e. The monoisotopic (exact) mass is 418 g/mol. The van der Waals surface area contributed by atoms with Gasteiger partial charge in [0.1, 0.15) is 11.5 Å². The number of rotatable bonds is 7. The van der Waals surface area contributed by atoms with Gasteiger partial charge in [-0.1, -0.05) is 42.0 Å². The first-order valence-electron chi connectivity index (χ1n) is 8.45. The largest absolute Gasteiger partial charge is 0.379 e. The molecule has 0 saturated carbocycles. The van der Waals surface area contributed by atoms with Gasteiger partial charge in [-0.15, -0.1) is 23.4 Å². The van der Waals surface area contributed by atoms with E-state index in [1.807, 2.05) is 30.4 Å². The zero-order valence-corrected chi connectivity index (χ0v) is 16.4. The SMILES string of the molecule is OC1S[C@H](COCC2=CCC(Cl)C=C2)[C@@H](OCc2ccc(Cl)cc2)[C@@H]1F. The maximum Gasteiger partial charge on any atom is 0.162 e. The molecule has 0 radical (unpaired) electrons. The van der Waals surface area contributed by atoms with E-state index in [0.29, 0.717) is 18.2 Å². The lowest BCUT2D eigenvalue weighted by atomic mass is 10.1. The summed E-state index contributed by atoms with van der Waals surface area (Å²) in [6.45, 7) is 1.01. The van der Waals surface area contributed by atoms with Crippen LogP contribution in [0.4, 0.5) is 4.39 Å². The highest BCUT2D eigenvalue weighted by Crippen LogP contribution is 2.37. The number of aliphatic hydroxyl groups excluding tert-OH is 1. The van der Waals surface area contributed by atoms with E-state index in [2.05, 4.69) is 0 Å². The fourth-order valence-corrected chi connectivity index (χ4v) is 4.35. The van der Waals surface area contributed by atoms with Crippen molar-refractivity contribution < 1.29 is 19.0 Å². The van der Waals surface area contributed by atoms with Gasteiger partial charge in [0.15, 0.2) is 6.17 Å². The third-order valence-electron chi connectivity index (χ3n) is 4.30. The third-order valence-corrected chi connectivity index (χ3v) is 6.17. The standard InChI is InChI=1S/C19H21Cl2FO3S/c20-14-5-1-12(2-6-14)9-24-11-16-18(17(22)19(23)26-16)25-10-13-3-7-15(21)8-4-13/h1-5,7-8,14,16-19,23H,6,9-11H2/t14?,16-,17+,18-,19?/m1/s1. The van der Waals surface area contributed by atoms with Crippen molar-refractivity contribution in [3.8, 4) is 0 Å². The van der Waals surface area contributed by atoms with Crippen molar-refractivity contribution in [3.05, 3.63) is 58.7 Å². The summed E-state index contributed by atoms with van der Waals surface area (Å²) in [5.74, 6) is 0. The van der Waals surface area contributed by atoms with Crippen LogP contribution < -0.4 is 0 Å². The number of aliphatic hydroxyl groups is 1. The molecule has 7 heteroatoms. The van der Waals surface area contributed by atoms with Gasteiger partial charge in [-0.3, -0.25) is 0 Å². The van der Waals surface area contributed by atoms with Crippen molar-refractivity contribution >= 4 is 35.0 Å². The number of hydrogen-bond donors (Lipinski definition) is 1. The average Bonchev–Trinajstić information content (AvgIpc) is 2.90. The molecule has 142 valence electrons. The second-order valence-electron chi connectivity index (χ2n) is 6.32. The number of benzene rings is 1. The molecular formula is C19H21Cl2FO3S. The Morgan fingerprint density at radius 1 is 1.23 bits per heavy atom. The van der Waals surface area contributed by atoms with Crippen molar-refractivity contribution in [1.29, 1.82) is 0 Å². The molecule has 2 unspecified atom stereocenters. The van der Waals surface area contributed by atoms with Crippen LogP contribution in [0, 0.1) is 0 Å². The molecular weight excluding hydrogens is 398 g/mol. The molecule has 0 bridgehead atoms. The fourth-order valence-electron chi connectivity index (χ4n) is 2.84. The van der Waals surface area contributed by atoms with Crippen molar-refractivity contribution in [3.63, 3.8) is 0 Å². The molecule has 2 aliphatic rings. The fraction of sp³-hybridized carbons (Fsp3) is 0.474. The Bertz CT molecular complexity index is 653. The summed E-state index contributed by atoms with van der Waals surface area (Å²) in [5, 5.41) is 10.3. The first kappa shape index (κ1) is 20.2. The van der Waals surface area contributed by atoms with Crippen LogP contribution in [0.5, 0.6) is 0 Å². The van der Waals surface area contributed by atoms with Crippen LogP contribution in [0.25, 0.3) is 0 Å². The molecule has 1 aliphatic heterocycles. The van der Waals surface area contributed by atoms with Gasteiger partial charge in [0.2, 0.25) is 0 Å². The van der Waals surface area contributed by atoms with E-state index in [0.717, 1.165) is 29.3 Å². The Hall–Kier alpha value is -0.560. The van der Waals surface area contributed by atoms with Gasteiger partial charge in [0.05, 0.1) is 30.4 Å². The van der Waals surface area contributed by atoms with Crippen LogP contribution in [0.2, 0.25) is 5.02 Å². The van der Waals surface area contributed by atoms with Gasteiger partial charge in [0.25, 0.3) is 0 Å². The average molecular weight is 419 g/mol. The van der Waals surface area contributed by atoms with E-state index in [1.54, 1.807) is 12.1 Å². The minimum atomic E-state index is -1.44. The maximum absolute atomic E-state index is 14.3. The van der Waals surface area contributed by atoms with Gasteiger partial charge >= 0.3 is 0 Å². The molecule has 1 fully saturated rings. The van der Waals surface area contributed by atoms with Crippen molar-refractivity contribution in [2.24, 2.45) is 0 Å². The number of hydrogen-bond acceptors (Lipinski definition) is 4. The minimum absolute atomic E-state index is 0.0391. The summed E-state index contributed by atoms with van der Waals surface area (Å²) >= 11 is 13.0. The van der Waals surface area contributed by atoms with Crippen LogP contribution in [-0.4, -0.2) is 46.7 Å². The Balaban J connectivity index is 1.50. The van der Waals surface area contributed by atoms with E-state index >= 15 is 0 Å². The molecule has 0 spiro atoms. The van der Waals surface area contributed by atoms with Crippen molar-refractivity contribution in [1.82, 2.24) is 0 Å². The second kappa shape index (κ2) is 9.58. The Morgan fingerprint density at radius 2 is 2.00 bits per heavy atom. The maximum atomic E-state index is 14.3. The van der Waals surface area contributed by atoms with Gasteiger partial charge in [0, 0.05) is 5.02 Å². The molecule has 1 aromatic rings. The van der Waals surface area contributed by atoms with E-state index in [4.69, 9.17) is 32.7 Å². The molecule has 3 rings (SSSR count). The summed E-state index contributed by atoms with van der Waals surface area (Å²) < 4.78 is 25.8. The van der Waals surface area contributed by atoms with Crippen molar-refractivity contribution in [2.45, 2.75) is 41.4 Å². The molecule has 1 aromatic carbocycles. The first-order chi connectivity index (χ1) is 12.5. The van der Waals surface area contributed by atoms with Gasteiger partial charge < -0.3 is 14.6 Å². The lowest BCUT2D eigenvalue weighted by Crippen LogP contribution is -2.34. The van der Waals surface area contributed by atoms with Crippen LogP contribution >= 0.6 is 35.0 Å². The highest BCUT2D eigenvalue weighted by Gasteiger charge is 2.44. The Labute approximate surface area is 167 Å². The quantitative estimate of drug-likeness (QED) is 0.661. The summed E-state index contributed by atoms with van der Waals surface area (Å²) in [5.41, 5.74) is 0.867. The van der Waals surface area contributed by atoms with Crippen LogP contribution in [0.15, 0.2) is 48.1 Å². The molecule has 1 aliphatic carbocycles.